The van der Waals surface area contributed by atoms with E-state index in [1.54, 1.807) is 11.3 Å². The zero-order valence-corrected chi connectivity index (χ0v) is 17.0. The molecule has 3 rings (SSSR count). The van der Waals surface area contributed by atoms with Crippen LogP contribution in [-0.4, -0.2) is 43.7 Å². The quantitative estimate of drug-likeness (QED) is 0.382. The fourth-order valence-electron chi connectivity index (χ4n) is 2.64. The Kier molecular flexibility index (Phi) is 7.88. The summed E-state index contributed by atoms with van der Waals surface area (Å²) in [4.78, 5) is 11.8. The van der Waals surface area contributed by atoms with Gasteiger partial charge < -0.3 is 15.5 Å². The number of hydrogen-bond donors (Lipinski definition) is 2. The van der Waals surface area contributed by atoms with Crippen molar-refractivity contribution < 1.29 is 0 Å². The van der Waals surface area contributed by atoms with Crippen molar-refractivity contribution in [2.75, 3.05) is 37.6 Å². The fraction of sp³-hybridized carbons (Fsp3) is 0.750. The molecule has 1 saturated carbocycles. The molecule has 0 atom stereocenters. The summed E-state index contributed by atoms with van der Waals surface area (Å²) in [5.74, 6) is 1.78. The summed E-state index contributed by atoms with van der Waals surface area (Å²) >= 11 is 1.78. The van der Waals surface area contributed by atoms with Crippen molar-refractivity contribution in [3.8, 4) is 0 Å². The van der Waals surface area contributed by atoms with Gasteiger partial charge >= 0.3 is 0 Å². The Hall–Kier alpha value is -0.570. The molecule has 1 aromatic rings. The maximum Gasteiger partial charge on any atom is 0.191 e. The van der Waals surface area contributed by atoms with E-state index in [4.69, 9.17) is 4.98 Å². The lowest BCUT2D eigenvalue weighted by Gasteiger charge is -2.12. The molecule has 1 aliphatic carbocycles. The molecule has 0 radical (unpaired) electrons. The largest absolute Gasteiger partial charge is 0.357 e. The van der Waals surface area contributed by atoms with Gasteiger partial charge in [-0.05, 0) is 38.5 Å². The monoisotopic (exact) mass is 449 g/mol. The smallest absolute Gasteiger partial charge is 0.191 e. The van der Waals surface area contributed by atoms with Gasteiger partial charge in [-0.15, -0.1) is 35.3 Å². The lowest BCUT2D eigenvalue weighted by atomic mass is 10.3. The molecule has 23 heavy (non-hydrogen) atoms. The zero-order chi connectivity index (χ0) is 15.2. The molecule has 0 spiro atoms. The van der Waals surface area contributed by atoms with Crippen LogP contribution in [0, 0.1) is 5.92 Å². The maximum atomic E-state index is 4.76. The predicted octanol–water partition coefficient (Wildman–Crippen LogP) is 2.87. The van der Waals surface area contributed by atoms with Crippen molar-refractivity contribution >= 4 is 46.4 Å². The van der Waals surface area contributed by atoms with E-state index < -0.39 is 0 Å². The van der Waals surface area contributed by atoms with Gasteiger partial charge in [0.15, 0.2) is 11.1 Å². The summed E-state index contributed by atoms with van der Waals surface area (Å²) in [7, 11) is 0. The first-order chi connectivity index (χ1) is 10.8. The first kappa shape index (κ1) is 18.8. The van der Waals surface area contributed by atoms with E-state index in [2.05, 4.69) is 32.8 Å². The van der Waals surface area contributed by atoms with E-state index in [0.29, 0.717) is 0 Å². The Morgan fingerprint density at radius 1 is 1.35 bits per heavy atom. The summed E-state index contributed by atoms with van der Waals surface area (Å²) in [6.07, 6.45) is 6.26. The van der Waals surface area contributed by atoms with Crippen molar-refractivity contribution in [2.45, 2.75) is 39.0 Å². The Labute approximate surface area is 160 Å². The summed E-state index contributed by atoms with van der Waals surface area (Å²) in [6.45, 7) is 7.21. The Morgan fingerprint density at radius 3 is 2.83 bits per heavy atom. The third-order valence-corrected chi connectivity index (χ3v) is 5.09. The number of thiazole rings is 1. The molecule has 0 amide bonds. The standard InChI is InChI=1S/C16H27N5S.HI/c1-2-17-15(19-11-13-5-6-13)18-8-7-14-12-22-16(20-14)21-9-3-4-10-21;/h12-13H,2-11H2,1H3,(H2,17,18,19);1H. The van der Waals surface area contributed by atoms with E-state index in [1.165, 1.54) is 49.6 Å². The molecule has 2 N–H and O–H groups in total. The highest BCUT2D eigenvalue weighted by atomic mass is 127. The summed E-state index contributed by atoms with van der Waals surface area (Å²) in [5, 5.41) is 10.1. The van der Waals surface area contributed by atoms with Crippen molar-refractivity contribution in [1.82, 2.24) is 15.6 Å². The topological polar surface area (TPSA) is 52.6 Å². The van der Waals surface area contributed by atoms with E-state index in [-0.39, 0.29) is 24.0 Å². The van der Waals surface area contributed by atoms with E-state index in [0.717, 1.165) is 37.9 Å². The fourth-order valence-corrected chi connectivity index (χ4v) is 3.55. The van der Waals surface area contributed by atoms with Crippen LogP contribution in [0.2, 0.25) is 0 Å². The number of aromatic nitrogens is 1. The average molecular weight is 449 g/mol. The molecule has 7 heteroatoms. The number of halogens is 1. The second kappa shape index (κ2) is 9.66. The summed E-state index contributed by atoms with van der Waals surface area (Å²) in [5.41, 5.74) is 1.19. The molecule has 0 bridgehead atoms. The van der Waals surface area contributed by atoms with Gasteiger partial charge in [-0.2, -0.15) is 0 Å². The Morgan fingerprint density at radius 2 is 2.13 bits per heavy atom. The number of anilines is 1. The Balaban J connectivity index is 0.00000192. The second-order valence-corrected chi connectivity index (χ2v) is 6.99. The van der Waals surface area contributed by atoms with Crippen LogP contribution in [0.25, 0.3) is 0 Å². The van der Waals surface area contributed by atoms with Gasteiger partial charge in [0, 0.05) is 44.5 Å². The van der Waals surface area contributed by atoms with Crippen LogP contribution in [-0.2, 0) is 6.42 Å². The van der Waals surface area contributed by atoms with Crippen LogP contribution in [0.3, 0.4) is 0 Å². The van der Waals surface area contributed by atoms with Crippen LogP contribution in [0.5, 0.6) is 0 Å². The van der Waals surface area contributed by atoms with Crippen LogP contribution < -0.4 is 15.5 Å². The van der Waals surface area contributed by atoms with E-state index >= 15 is 0 Å². The van der Waals surface area contributed by atoms with Gasteiger partial charge in [0.2, 0.25) is 0 Å². The lowest BCUT2D eigenvalue weighted by Crippen LogP contribution is -2.38. The summed E-state index contributed by atoms with van der Waals surface area (Å²) < 4.78 is 0. The normalized spacial score (nSPS) is 18.0. The molecule has 5 nitrogen and oxygen atoms in total. The average Bonchev–Trinajstić information content (AvgIpc) is 3.01. The summed E-state index contributed by atoms with van der Waals surface area (Å²) in [6, 6.07) is 0. The van der Waals surface area contributed by atoms with Crippen LogP contribution >= 0.6 is 35.3 Å². The van der Waals surface area contributed by atoms with Gasteiger partial charge in [-0.3, -0.25) is 4.99 Å². The molecule has 130 valence electrons. The number of nitrogens with one attached hydrogen (secondary N) is 2. The van der Waals surface area contributed by atoms with Gasteiger partial charge in [0.05, 0.1) is 5.69 Å². The second-order valence-electron chi connectivity index (χ2n) is 6.16. The highest BCUT2D eigenvalue weighted by Gasteiger charge is 2.20. The van der Waals surface area contributed by atoms with Crippen molar-refractivity contribution in [2.24, 2.45) is 10.9 Å². The molecular weight excluding hydrogens is 421 g/mol. The minimum Gasteiger partial charge on any atom is -0.357 e. The van der Waals surface area contributed by atoms with Gasteiger partial charge in [0.25, 0.3) is 0 Å². The number of aliphatic imine (C=N–C) groups is 1. The predicted molar refractivity (Wildman–Crippen MR) is 109 cm³/mol. The molecule has 2 fully saturated rings. The van der Waals surface area contributed by atoms with Crippen LogP contribution in [0.1, 0.15) is 38.3 Å². The minimum atomic E-state index is 0. The molecule has 0 unspecified atom stereocenters. The third-order valence-electron chi connectivity index (χ3n) is 4.14. The van der Waals surface area contributed by atoms with Crippen LogP contribution in [0.4, 0.5) is 5.13 Å². The van der Waals surface area contributed by atoms with Crippen LogP contribution in [0.15, 0.2) is 10.4 Å². The highest BCUT2D eigenvalue weighted by Crippen LogP contribution is 2.28. The number of nitrogens with zero attached hydrogens (tertiary/aromatic N) is 3. The van der Waals surface area contributed by atoms with Gasteiger partial charge in [-0.1, -0.05) is 0 Å². The molecule has 1 saturated heterocycles. The van der Waals surface area contributed by atoms with Crippen molar-refractivity contribution in [1.29, 1.82) is 0 Å². The van der Waals surface area contributed by atoms with Crippen molar-refractivity contribution in [3.63, 3.8) is 0 Å². The number of rotatable bonds is 7. The molecule has 0 aromatic carbocycles. The first-order valence-corrected chi connectivity index (χ1v) is 9.44. The third kappa shape index (κ3) is 6.10. The zero-order valence-electron chi connectivity index (χ0n) is 13.9. The SMILES string of the molecule is CCNC(=NCC1CC1)NCCc1csc(N2CCCC2)n1.I. The highest BCUT2D eigenvalue weighted by molar-refractivity contribution is 14.0. The molecule has 2 aliphatic rings. The van der Waals surface area contributed by atoms with Gasteiger partial charge in [0.1, 0.15) is 0 Å². The number of guanidine groups is 1. The van der Waals surface area contributed by atoms with Crippen molar-refractivity contribution in [3.05, 3.63) is 11.1 Å². The molecule has 1 aliphatic heterocycles. The number of hydrogen-bond acceptors (Lipinski definition) is 4. The lowest BCUT2D eigenvalue weighted by molar-refractivity contribution is 0.771. The van der Waals surface area contributed by atoms with E-state index in [9.17, 15) is 0 Å². The molecule has 2 heterocycles. The van der Waals surface area contributed by atoms with E-state index in [1.807, 2.05) is 0 Å². The Bertz CT molecular complexity index is 494. The maximum absolute atomic E-state index is 4.76. The van der Waals surface area contributed by atoms with Gasteiger partial charge in [-0.25, -0.2) is 4.98 Å². The molecule has 1 aromatic heterocycles. The minimum absolute atomic E-state index is 0. The first-order valence-electron chi connectivity index (χ1n) is 8.56. The molecular formula is C16H28IN5S.